The maximum absolute atomic E-state index is 13.5. The van der Waals surface area contributed by atoms with Gasteiger partial charge in [-0.15, -0.1) is 0 Å². The molecule has 2 saturated heterocycles. The molecular weight excluding hydrogens is 551 g/mol. The molecule has 7 nitrogen and oxygen atoms in total. The molecule has 2 fully saturated rings. The summed E-state index contributed by atoms with van der Waals surface area (Å²) in [5.41, 5.74) is 4.12. The van der Waals surface area contributed by atoms with Gasteiger partial charge in [-0.05, 0) is 76.9 Å². The average molecular weight is 592 g/mol. The third-order valence-electron chi connectivity index (χ3n) is 8.33. The average Bonchev–Trinajstić information content (AvgIpc) is 2.93. The number of hydrogen-bond donors (Lipinski definition) is 0. The van der Waals surface area contributed by atoms with Crippen molar-refractivity contribution in [2.24, 2.45) is 4.99 Å². The first-order valence-electron chi connectivity index (χ1n) is 14.4. The van der Waals surface area contributed by atoms with Crippen LogP contribution in [0.2, 0.25) is 0 Å². The zero-order chi connectivity index (χ0) is 29.6. The Bertz CT molecular complexity index is 1440. The van der Waals surface area contributed by atoms with Crippen LogP contribution < -0.4 is 15.2 Å². The molecule has 224 valence electrons. The van der Waals surface area contributed by atoms with Crippen LogP contribution in [0.15, 0.2) is 34.2 Å². The summed E-state index contributed by atoms with van der Waals surface area (Å²) < 4.78 is 46.5. The number of benzene rings is 2. The van der Waals surface area contributed by atoms with E-state index in [1.165, 1.54) is 0 Å². The molecule has 0 saturated carbocycles. The fourth-order valence-electron chi connectivity index (χ4n) is 5.83. The minimum atomic E-state index is -5.10. The van der Waals surface area contributed by atoms with Crippen molar-refractivity contribution in [1.82, 2.24) is 9.80 Å². The molecular formula is C30H40F3N5O2S. The van der Waals surface area contributed by atoms with Crippen LogP contribution in [-0.4, -0.2) is 86.4 Å². The molecule has 2 aromatic carbocycles. The van der Waals surface area contributed by atoms with Crippen molar-refractivity contribution in [3.8, 4) is 0 Å². The van der Waals surface area contributed by atoms with Gasteiger partial charge in [0.1, 0.15) is 0 Å². The van der Waals surface area contributed by atoms with Gasteiger partial charge in [-0.2, -0.15) is 13.2 Å². The lowest BCUT2D eigenvalue weighted by Gasteiger charge is -2.38. The summed E-state index contributed by atoms with van der Waals surface area (Å²) in [5, 5.41) is 0.585. The van der Waals surface area contributed by atoms with Gasteiger partial charge in [0.05, 0.1) is 20.5 Å². The highest BCUT2D eigenvalue weighted by molar-refractivity contribution is 8.05. The first-order chi connectivity index (χ1) is 19.3. The fraction of sp³-hybridized carbons (Fsp3) is 0.567. The van der Waals surface area contributed by atoms with Gasteiger partial charge in [0.25, 0.3) is 0 Å². The number of alkyl halides is 3. The van der Waals surface area contributed by atoms with E-state index in [9.17, 15) is 18.0 Å². The molecule has 0 radical (unpaired) electrons. The maximum Gasteiger partial charge on any atom is 0.492 e. The first-order valence-corrected chi connectivity index (χ1v) is 15.5. The number of aryl methyl sites for hydroxylation is 2. The molecule has 3 aliphatic heterocycles. The Balaban J connectivity index is 1.60. The smallest absolute Gasteiger partial charge is 0.388 e. The van der Waals surface area contributed by atoms with Gasteiger partial charge in [0.2, 0.25) is 0 Å². The van der Waals surface area contributed by atoms with Crippen LogP contribution in [0.5, 0.6) is 0 Å². The molecule has 3 heterocycles. The van der Waals surface area contributed by atoms with Gasteiger partial charge in [-0.1, -0.05) is 0 Å². The second-order valence-electron chi connectivity index (χ2n) is 11.7. The van der Waals surface area contributed by atoms with Crippen LogP contribution in [0.4, 0.5) is 30.2 Å². The first kappa shape index (κ1) is 29.8. The van der Waals surface area contributed by atoms with Crippen LogP contribution in [0.1, 0.15) is 38.8 Å². The van der Waals surface area contributed by atoms with Gasteiger partial charge >= 0.3 is 12.1 Å². The summed E-state index contributed by atoms with van der Waals surface area (Å²) in [4.78, 5) is 27.1. The Labute approximate surface area is 242 Å². The number of halogens is 3. The van der Waals surface area contributed by atoms with E-state index in [4.69, 9.17) is 9.18 Å². The third-order valence-corrected chi connectivity index (χ3v) is 10.1. The van der Waals surface area contributed by atoms with Crippen LogP contribution in [-0.2, 0) is 8.98 Å². The van der Waals surface area contributed by atoms with Crippen molar-refractivity contribution < 1.29 is 22.1 Å². The highest BCUT2D eigenvalue weighted by Gasteiger charge is 2.42. The minimum Gasteiger partial charge on any atom is -0.388 e. The molecule has 2 aromatic rings. The Morgan fingerprint density at radius 1 is 0.805 bits per heavy atom. The molecule has 0 spiro atoms. The van der Waals surface area contributed by atoms with Gasteiger partial charge in [-0.3, -0.25) is 9.80 Å². The van der Waals surface area contributed by atoms with Crippen LogP contribution in [0.25, 0.3) is 0 Å². The second-order valence-corrected chi connectivity index (χ2v) is 13.3. The van der Waals surface area contributed by atoms with Gasteiger partial charge in [0, 0.05) is 86.6 Å². The van der Waals surface area contributed by atoms with Crippen LogP contribution in [0.3, 0.4) is 0 Å². The third kappa shape index (κ3) is 6.12. The number of hydrogen-bond acceptors (Lipinski definition) is 7. The van der Waals surface area contributed by atoms with E-state index < -0.39 is 22.9 Å². The van der Waals surface area contributed by atoms with Crippen molar-refractivity contribution in [3.63, 3.8) is 0 Å². The van der Waals surface area contributed by atoms with Crippen molar-refractivity contribution in [3.05, 3.63) is 45.3 Å². The van der Waals surface area contributed by atoms with E-state index in [2.05, 4.69) is 47.3 Å². The van der Waals surface area contributed by atoms with Crippen molar-refractivity contribution >= 4 is 33.8 Å². The summed E-state index contributed by atoms with van der Waals surface area (Å²) in [5.74, 6) is -2.18. The highest BCUT2D eigenvalue weighted by atomic mass is 32.2. The van der Waals surface area contributed by atoms with E-state index in [1.807, 2.05) is 38.1 Å². The van der Waals surface area contributed by atoms with Crippen LogP contribution in [0, 0.1) is 18.4 Å². The zero-order valence-corrected chi connectivity index (χ0v) is 25.5. The molecule has 41 heavy (non-hydrogen) atoms. The monoisotopic (exact) mass is 591 g/mol. The SMILES string of the molecule is Cc1cc(N2CCN(C(C)C)CC2)cc2c1N=c1c(C)cc(N3CCN(C(C)C)CC3)cc1=S2OC(=O)C(F)(F)F. The summed E-state index contributed by atoms with van der Waals surface area (Å²) in [6.45, 7) is 19.4. The number of fused-ring (bicyclic) bond motifs is 2. The number of rotatable bonds is 5. The minimum absolute atomic E-state index is 0.455. The van der Waals surface area contributed by atoms with E-state index in [-0.39, 0.29) is 0 Å². The molecule has 0 aliphatic carbocycles. The highest BCUT2D eigenvalue weighted by Crippen LogP contribution is 2.45. The predicted molar refractivity (Wildman–Crippen MR) is 158 cm³/mol. The van der Waals surface area contributed by atoms with Crippen molar-refractivity contribution in [2.45, 2.75) is 64.7 Å². The molecule has 3 aliphatic rings. The van der Waals surface area contributed by atoms with Gasteiger partial charge < -0.3 is 14.0 Å². The number of nitrogens with zero attached hydrogens (tertiary/aromatic N) is 5. The quantitative estimate of drug-likeness (QED) is 0.444. The van der Waals surface area contributed by atoms with Crippen molar-refractivity contribution in [1.29, 1.82) is 0 Å². The largest absolute Gasteiger partial charge is 0.492 e. The number of carbonyl (C=O) groups is 1. The Morgan fingerprint density at radius 3 is 1.78 bits per heavy atom. The Hall–Kier alpha value is -2.63. The lowest BCUT2D eigenvalue weighted by molar-refractivity contribution is -0.188. The van der Waals surface area contributed by atoms with E-state index in [0.717, 1.165) is 74.9 Å². The number of carbonyl (C=O) groups excluding carboxylic acids is 1. The van der Waals surface area contributed by atoms with E-state index >= 15 is 0 Å². The molecule has 1 atom stereocenters. The Morgan fingerprint density at radius 2 is 1.29 bits per heavy atom. The molecule has 0 amide bonds. The Kier molecular flexibility index (Phi) is 8.42. The molecule has 0 aromatic heterocycles. The second kappa shape index (κ2) is 11.6. The van der Waals surface area contributed by atoms with E-state index in [1.54, 1.807) is 0 Å². The zero-order valence-electron chi connectivity index (χ0n) is 24.7. The maximum atomic E-state index is 13.5. The molecule has 11 heteroatoms. The lowest BCUT2D eigenvalue weighted by atomic mass is 10.1. The molecule has 1 unspecified atom stereocenters. The van der Waals surface area contributed by atoms with E-state index in [0.29, 0.717) is 32.5 Å². The molecule has 0 bridgehead atoms. The van der Waals surface area contributed by atoms with Gasteiger partial charge in [-0.25, -0.2) is 9.79 Å². The summed E-state index contributed by atoms with van der Waals surface area (Å²) in [7, 11) is -1.59. The lowest BCUT2D eigenvalue weighted by Crippen LogP contribution is -2.49. The van der Waals surface area contributed by atoms with Crippen molar-refractivity contribution in [2.75, 3.05) is 62.2 Å². The summed E-state index contributed by atoms with van der Waals surface area (Å²) in [6.07, 6.45) is -5.10. The summed E-state index contributed by atoms with van der Waals surface area (Å²) >= 11 is 0. The molecule has 5 rings (SSSR count). The van der Waals surface area contributed by atoms with Gasteiger partial charge in [0.15, 0.2) is 0 Å². The topological polar surface area (TPSA) is 51.6 Å². The number of piperazine rings is 2. The standard InChI is InChI=1S/C30H40F3N5O2S/c1-19(2)35-7-11-37(12-8-35)23-15-21(5)27-25(17-23)41(40-29(39)30(31,32)33)26-18-24(16-22(6)28(26)34-27)38-13-9-36(10-14-38)20(3)4/h15-20H,7-14H2,1-6H3. The predicted octanol–water partition coefficient (Wildman–Crippen LogP) is 5.23. The summed E-state index contributed by atoms with van der Waals surface area (Å²) in [6, 6.07) is 8.77. The normalized spacial score (nSPS) is 20.2. The number of anilines is 2. The molecule has 0 N–H and O–H groups in total. The fourth-order valence-corrected chi connectivity index (χ4v) is 7.71. The van der Waals surface area contributed by atoms with Crippen LogP contribution >= 0.6 is 10.8 Å².